The first kappa shape index (κ1) is 21.6. The number of ether oxygens (including phenoxy) is 2. The van der Waals surface area contributed by atoms with Crippen molar-refractivity contribution < 1.29 is 9.47 Å². The predicted octanol–water partition coefficient (Wildman–Crippen LogP) is 4.50. The Bertz CT molecular complexity index is 976. The second kappa shape index (κ2) is 11.1. The minimum absolute atomic E-state index is 0.688. The molecule has 2 aromatic carbocycles. The minimum Gasteiger partial charge on any atom is -0.493 e. The lowest BCUT2D eigenvalue weighted by Crippen LogP contribution is -2.37. The van der Waals surface area contributed by atoms with Gasteiger partial charge >= 0.3 is 0 Å². The van der Waals surface area contributed by atoms with Crippen molar-refractivity contribution in [1.82, 2.24) is 14.5 Å². The average molecular weight is 420 g/mol. The Morgan fingerprint density at radius 1 is 1.00 bits per heavy atom. The summed E-state index contributed by atoms with van der Waals surface area (Å²) in [6, 6.07) is 16.7. The highest BCUT2D eigenvalue weighted by atomic mass is 16.5. The zero-order valence-corrected chi connectivity index (χ0v) is 18.3. The van der Waals surface area contributed by atoms with Crippen molar-refractivity contribution >= 4 is 11.0 Å². The summed E-state index contributed by atoms with van der Waals surface area (Å²) in [5.41, 5.74) is 3.49. The first-order valence-electron chi connectivity index (χ1n) is 11.4. The monoisotopic (exact) mass is 419 g/mol. The first-order valence-corrected chi connectivity index (χ1v) is 11.4. The highest BCUT2D eigenvalue weighted by Gasteiger charge is 2.13. The van der Waals surface area contributed by atoms with Crippen molar-refractivity contribution in [1.29, 1.82) is 0 Å². The molecule has 0 radical (unpaired) electrons. The number of rotatable bonds is 11. The highest BCUT2D eigenvalue weighted by Crippen LogP contribution is 2.20. The maximum Gasteiger partial charge on any atom is 0.122 e. The van der Waals surface area contributed by atoms with Gasteiger partial charge in [0.05, 0.1) is 30.9 Å². The smallest absolute Gasteiger partial charge is 0.122 e. The standard InChI is InChI=1S/C26H33N3O2/c1-2-9-22-10-3-6-13-25(22)31-19-8-16-29-24-12-5-4-11-23(24)27-26(29)14-7-15-28-17-20-30-21-18-28/h2-6,10-13H,1,7-9,14-21H2. The van der Waals surface area contributed by atoms with Crippen LogP contribution in [0.25, 0.3) is 11.0 Å². The summed E-state index contributed by atoms with van der Waals surface area (Å²) in [7, 11) is 0. The molecule has 0 aliphatic carbocycles. The zero-order valence-electron chi connectivity index (χ0n) is 18.3. The number of nitrogens with zero attached hydrogens (tertiary/aromatic N) is 3. The van der Waals surface area contributed by atoms with Crippen molar-refractivity contribution in [3.05, 3.63) is 72.6 Å². The number of para-hydroxylation sites is 3. The van der Waals surface area contributed by atoms with Gasteiger partial charge < -0.3 is 14.0 Å². The van der Waals surface area contributed by atoms with E-state index in [-0.39, 0.29) is 0 Å². The fraction of sp³-hybridized carbons (Fsp3) is 0.423. The normalized spacial score (nSPS) is 14.7. The number of aromatic nitrogens is 2. The van der Waals surface area contributed by atoms with Crippen molar-refractivity contribution in [3.8, 4) is 5.75 Å². The molecule has 0 atom stereocenters. The Morgan fingerprint density at radius 3 is 2.68 bits per heavy atom. The number of hydrogen-bond donors (Lipinski definition) is 0. The lowest BCUT2D eigenvalue weighted by atomic mass is 10.1. The highest BCUT2D eigenvalue weighted by molar-refractivity contribution is 5.75. The summed E-state index contributed by atoms with van der Waals surface area (Å²) >= 11 is 0. The number of morpholine rings is 1. The van der Waals surface area contributed by atoms with Crippen molar-refractivity contribution in [2.75, 3.05) is 39.5 Å². The van der Waals surface area contributed by atoms with Crippen LogP contribution in [0.4, 0.5) is 0 Å². The zero-order chi connectivity index (χ0) is 21.3. The number of benzene rings is 2. The number of fused-ring (bicyclic) bond motifs is 1. The molecule has 4 rings (SSSR count). The number of hydrogen-bond acceptors (Lipinski definition) is 4. The third kappa shape index (κ3) is 5.75. The van der Waals surface area contributed by atoms with Gasteiger partial charge in [0.25, 0.3) is 0 Å². The van der Waals surface area contributed by atoms with Gasteiger partial charge in [-0.25, -0.2) is 4.98 Å². The molecule has 0 spiro atoms. The van der Waals surface area contributed by atoms with Crippen LogP contribution < -0.4 is 4.74 Å². The number of allylic oxidation sites excluding steroid dienone is 1. The van der Waals surface area contributed by atoms with Crippen LogP contribution >= 0.6 is 0 Å². The Hall–Kier alpha value is -2.63. The lowest BCUT2D eigenvalue weighted by molar-refractivity contribution is 0.0374. The summed E-state index contributed by atoms with van der Waals surface area (Å²) in [5.74, 6) is 2.14. The molecule has 31 heavy (non-hydrogen) atoms. The molecular weight excluding hydrogens is 386 g/mol. The van der Waals surface area contributed by atoms with Gasteiger partial charge in [0.1, 0.15) is 11.6 Å². The molecule has 5 nitrogen and oxygen atoms in total. The largest absolute Gasteiger partial charge is 0.493 e. The summed E-state index contributed by atoms with van der Waals surface area (Å²) < 4.78 is 13.9. The molecule has 0 amide bonds. The van der Waals surface area contributed by atoms with E-state index in [0.717, 1.165) is 76.3 Å². The van der Waals surface area contributed by atoms with E-state index in [0.29, 0.717) is 6.61 Å². The van der Waals surface area contributed by atoms with Crippen LogP contribution in [0.1, 0.15) is 24.2 Å². The minimum atomic E-state index is 0.688. The Balaban J connectivity index is 1.36. The van der Waals surface area contributed by atoms with Crippen molar-refractivity contribution in [3.63, 3.8) is 0 Å². The molecule has 164 valence electrons. The maximum absolute atomic E-state index is 6.10. The van der Waals surface area contributed by atoms with Gasteiger partial charge in [-0.15, -0.1) is 6.58 Å². The molecule has 5 heteroatoms. The van der Waals surface area contributed by atoms with E-state index in [1.165, 1.54) is 16.9 Å². The van der Waals surface area contributed by atoms with Crippen LogP contribution in [0.5, 0.6) is 5.75 Å². The topological polar surface area (TPSA) is 39.5 Å². The van der Waals surface area contributed by atoms with Crippen LogP contribution in [-0.2, 0) is 24.1 Å². The molecule has 1 aliphatic heterocycles. The van der Waals surface area contributed by atoms with Crippen LogP contribution in [0.3, 0.4) is 0 Å². The molecule has 0 unspecified atom stereocenters. The van der Waals surface area contributed by atoms with E-state index < -0.39 is 0 Å². The second-order valence-electron chi connectivity index (χ2n) is 8.03. The van der Waals surface area contributed by atoms with E-state index in [4.69, 9.17) is 14.5 Å². The summed E-state index contributed by atoms with van der Waals surface area (Å²) in [6.45, 7) is 10.4. The first-order chi connectivity index (χ1) is 15.3. The molecule has 0 bridgehead atoms. The summed E-state index contributed by atoms with van der Waals surface area (Å²) in [5, 5.41) is 0. The summed E-state index contributed by atoms with van der Waals surface area (Å²) in [4.78, 5) is 7.43. The van der Waals surface area contributed by atoms with E-state index in [1.807, 2.05) is 24.3 Å². The van der Waals surface area contributed by atoms with Gasteiger partial charge in [-0.2, -0.15) is 0 Å². The molecule has 0 saturated carbocycles. The maximum atomic E-state index is 6.10. The van der Waals surface area contributed by atoms with Crippen LogP contribution in [0.15, 0.2) is 61.2 Å². The van der Waals surface area contributed by atoms with Crippen LogP contribution in [-0.4, -0.2) is 53.9 Å². The molecule has 2 heterocycles. The average Bonchev–Trinajstić information content (AvgIpc) is 3.16. The predicted molar refractivity (Wildman–Crippen MR) is 126 cm³/mol. The van der Waals surface area contributed by atoms with Crippen molar-refractivity contribution in [2.24, 2.45) is 0 Å². The van der Waals surface area contributed by atoms with Gasteiger partial charge in [0, 0.05) is 26.1 Å². The Morgan fingerprint density at radius 2 is 1.81 bits per heavy atom. The molecule has 3 aromatic rings. The number of imidazole rings is 1. The van der Waals surface area contributed by atoms with E-state index >= 15 is 0 Å². The quantitative estimate of drug-likeness (QED) is 0.339. The molecule has 1 aromatic heterocycles. The van der Waals surface area contributed by atoms with Gasteiger partial charge in [0.2, 0.25) is 0 Å². The fourth-order valence-electron chi connectivity index (χ4n) is 4.22. The van der Waals surface area contributed by atoms with E-state index in [1.54, 1.807) is 0 Å². The van der Waals surface area contributed by atoms with Crippen molar-refractivity contribution in [2.45, 2.75) is 32.2 Å². The molecule has 0 N–H and O–H groups in total. The second-order valence-corrected chi connectivity index (χ2v) is 8.03. The number of aryl methyl sites for hydroxylation is 2. The third-order valence-corrected chi connectivity index (χ3v) is 5.83. The van der Waals surface area contributed by atoms with Gasteiger partial charge in [-0.3, -0.25) is 4.90 Å². The van der Waals surface area contributed by atoms with Gasteiger partial charge in [-0.05, 0) is 49.6 Å². The van der Waals surface area contributed by atoms with Gasteiger partial charge in [0.15, 0.2) is 0 Å². The van der Waals surface area contributed by atoms with Crippen LogP contribution in [0, 0.1) is 0 Å². The van der Waals surface area contributed by atoms with E-state index in [9.17, 15) is 0 Å². The summed E-state index contributed by atoms with van der Waals surface area (Å²) in [6.07, 6.45) is 5.81. The lowest BCUT2D eigenvalue weighted by Gasteiger charge is -2.26. The fourth-order valence-corrected chi connectivity index (χ4v) is 4.22. The Kier molecular flexibility index (Phi) is 7.75. The third-order valence-electron chi connectivity index (χ3n) is 5.83. The van der Waals surface area contributed by atoms with Crippen LogP contribution in [0.2, 0.25) is 0 Å². The van der Waals surface area contributed by atoms with E-state index in [2.05, 4.69) is 46.4 Å². The van der Waals surface area contributed by atoms with Gasteiger partial charge in [-0.1, -0.05) is 36.4 Å². The Labute approximate surface area is 185 Å². The molecule has 1 saturated heterocycles. The molecule has 1 aliphatic rings. The SMILES string of the molecule is C=CCc1ccccc1OCCCn1c(CCCN2CCOCC2)nc2ccccc21. The molecular formula is C26H33N3O2. The molecule has 1 fully saturated rings.